The summed E-state index contributed by atoms with van der Waals surface area (Å²) in [6.07, 6.45) is 1.99. The number of phenolic OH excluding ortho intramolecular Hbond substituents is 1. The Balaban J connectivity index is 1.83. The van der Waals surface area contributed by atoms with E-state index in [1.54, 1.807) is 47.4 Å². The van der Waals surface area contributed by atoms with Gasteiger partial charge in [0.1, 0.15) is 5.75 Å². The number of aromatic hydroxyl groups is 1. The number of amides is 1. The SMILES string of the molecule is CSc1ccc(C(=O)Nc2cc(-c3cccs3)ccc2O)cc1. The lowest BCUT2D eigenvalue weighted by Gasteiger charge is -2.09. The average Bonchev–Trinajstić information content (AvgIpc) is 3.11. The van der Waals surface area contributed by atoms with Gasteiger partial charge in [-0.05, 0) is 65.7 Å². The molecule has 1 heterocycles. The van der Waals surface area contributed by atoms with Crippen molar-refractivity contribution in [3.05, 3.63) is 65.5 Å². The lowest BCUT2D eigenvalue weighted by atomic mass is 10.1. The minimum atomic E-state index is -0.240. The van der Waals surface area contributed by atoms with E-state index in [-0.39, 0.29) is 11.7 Å². The summed E-state index contributed by atoms with van der Waals surface area (Å²) < 4.78 is 0. The van der Waals surface area contributed by atoms with Crippen molar-refractivity contribution in [2.24, 2.45) is 0 Å². The Morgan fingerprint density at radius 3 is 2.57 bits per heavy atom. The minimum absolute atomic E-state index is 0.0550. The van der Waals surface area contributed by atoms with Gasteiger partial charge in [0.2, 0.25) is 0 Å². The molecule has 3 nitrogen and oxygen atoms in total. The molecular formula is C18H15NO2S2. The van der Waals surface area contributed by atoms with Crippen LogP contribution in [0.15, 0.2) is 64.9 Å². The molecule has 1 amide bonds. The van der Waals surface area contributed by atoms with Gasteiger partial charge >= 0.3 is 0 Å². The summed E-state index contributed by atoms with van der Waals surface area (Å²) in [5.41, 5.74) is 1.93. The standard InChI is InChI=1S/C18H15NO2S2/c1-22-14-7-4-12(5-8-14)18(21)19-15-11-13(6-9-16(15)20)17-3-2-10-23-17/h2-11,20H,1H3,(H,19,21). The van der Waals surface area contributed by atoms with E-state index in [1.807, 2.05) is 42.0 Å². The summed E-state index contributed by atoms with van der Waals surface area (Å²) in [5.74, 6) is -0.185. The van der Waals surface area contributed by atoms with E-state index >= 15 is 0 Å². The Morgan fingerprint density at radius 2 is 1.91 bits per heavy atom. The quantitative estimate of drug-likeness (QED) is 0.513. The van der Waals surface area contributed by atoms with E-state index in [2.05, 4.69) is 5.32 Å². The second-order valence-corrected chi connectivity index (χ2v) is 6.72. The summed E-state index contributed by atoms with van der Waals surface area (Å²) in [5, 5.41) is 14.8. The third kappa shape index (κ3) is 3.57. The van der Waals surface area contributed by atoms with Gasteiger partial charge in [-0.3, -0.25) is 4.79 Å². The van der Waals surface area contributed by atoms with Crippen molar-refractivity contribution in [1.82, 2.24) is 0 Å². The summed E-state index contributed by atoms with van der Waals surface area (Å²) in [7, 11) is 0. The fourth-order valence-electron chi connectivity index (χ4n) is 2.17. The Morgan fingerprint density at radius 1 is 1.13 bits per heavy atom. The van der Waals surface area contributed by atoms with Gasteiger partial charge in [0.05, 0.1) is 5.69 Å². The van der Waals surface area contributed by atoms with Crippen LogP contribution in [0.1, 0.15) is 10.4 Å². The largest absolute Gasteiger partial charge is 0.506 e. The zero-order valence-corrected chi connectivity index (χ0v) is 14.1. The summed E-state index contributed by atoms with van der Waals surface area (Å²) in [6.45, 7) is 0. The number of phenols is 1. The molecule has 0 atom stereocenters. The average molecular weight is 341 g/mol. The molecule has 0 bridgehead atoms. The van der Waals surface area contributed by atoms with Crippen LogP contribution in [0.2, 0.25) is 0 Å². The molecule has 116 valence electrons. The molecule has 2 N–H and O–H groups in total. The number of nitrogens with one attached hydrogen (secondary N) is 1. The number of thiophene rings is 1. The van der Waals surface area contributed by atoms with Crippen LogP contribution in [-0.2, 0) is 0 Å². The highest BCUT2D eigenvalue weighted by atomic mass is 32.2. The van der Waals surface area contributed by atoms with Gasteiger partial charge in [-0.1, -0.05) is 6.07 Å². The number of benzene rings is 2. The normalized spacial score (nSPS) is 10.5. The van der Waals surface area contributed by atoms with E-state index in [4.69, 9.17) is 0 Å². The van der Waals surface area contributed by atoms with E-state index < -0.39 is 0 Å². The summed E-state index contributed by atoms with van der Waals surface area (Å²) in [6, 6.07) is 16.6. The molecule has 0 aliphatic rings. The Kier molecular flexibility index (Phi) is 4.69. The van der Waals surface area contributed by atoms with Crippen LogP contribution in [0.4, 0.5) is 5.69 Å². The third-order valence-electron chi connectivity index (χ3n) is 3.40. The molecule has 0 aliphatic heterocycles. The lowest BCUT2D eigenvalue weighted by Crippen LogP contribution is -2.11. The molecule has 0 saturated heterocycles. The number of hydrogen-bond donors (Lipinski definition) is 2. The highest BCUT2D eigenvalue weighted by molar-refractivity contribution is 7.98. The Bertz CT molecular complexity index is 812. The van der Waals surface area contributed by atoms with Gasteiger partial charge in [0.25, 0.3) is 5.91 Å². The number of anilines is 1. The molecule has 5 heteroatoms. The maximum absolute atomic E-state index is 12.3. The molecule has 0 saturated carbocycles. The maximum atomic E-state index is 12.3. The van der Waals surface area contributed by atoms with Crippen molar-refractivity contribution < 1.29 is 9.90 Å². The summed E-state index contributed by atoms with van der Waals surface area (Å²) >= 11 is 3.24. The second-order valence-electron chi connectivity index (χ2n) is 4.89. The summed E-state index contributed by atoms with van der Waals surface area (Å²) in [4.78, 5) is 14.5. The predicted octanol–water partition coefficient (Wildman–Crippen LogP) is 5.09. The maximum Gasteiger partial charge on any atom is 0.255 e. The van der Waals surface area contributed by atoms with Gasteiger partial charge in [0.15, 0.2) is 0 Å². The molecule has 3 aromatic rings. The second kappa shape index (κ2) is 6.89. The number of rotatable bonds is 4. The zero-order chi connectivity index (χ0) is 16.2. The zero-order valence-electron chi connectivity index (χ0n) is 12.4. The van der Waals surface area contributed by atoms with Gasteiger partial charge in [-0.2, -0.15) is 0 Å². The fraction of sp³-hybridized carbons (Fsp3) is 0.0556. The first-order chi connectivity index (χ1) is 11.2. The fourth-order valence-corrected chi connectivity index (χ4v) is 3.30. The molecule has 3 rings (SSSR count). The van der Waals surface area contributed by atoms with Gasteiger partial charge in [-0.25, -0.2) is 0 Å². The Labute approximate surface area is 143 Å². The van der Waals surface area contributed by atoms with Crippen molar-refractivity contribution in [3.63, 3.8) is 0 Å². The van der Waals surface area contributed by atoms with Crippen LogP contribution in [0.5, 0.6) is 5.75 Å². The van der Waals surface area contributed by atoms with Gasteiger partial charge in [0, 0.05) is 15.3 Å². The van der Waals surface area contributed by atoms with Crippen molar-refractivity contribution in [1.29, 1.82) is 0 Å². The number of carbonyl (C=O) groups excluding carboxylic acids is 1. The Hall–Kier alpha value is -2.24. The highest BCUT2D eigenvalue weighted by Crippen LogP contribution is 2.32. The molecule has 0 spiro atoms. The van der Waals surface area contributed by atoms with E-state index in [1.165, 1.54) is 0 Å². The number of carbonyl (C=O) groups is 1. The van der Waals surface area contributed by atoms with Crippen LogP contribution in [-0.4, -0.2) is 17.3 Å². The van der Waals surface area contributed by atoms with E-state index in [0.717, 1.165) is 15.3 Å². The van der Waals surface area contributed by atoms with Crippen LogP contribution < -0.4 is 5.32 Å². The molecule has 2 aromatic carbocycles. The first-order valence-corrected chi connectivity index (χ1v) is 9.10. The monoisotopic (exact) mass is 341 g/mol. The molecule has 0 fully saturated rings. The van der Waals surface area contributed by atoms with Crippen LogP contribution in [0.25, 0.3) is 10.4 Å². The topological polar surface area (TPSA) is 49.3 Å². The molecule has 23 heavy (non-hydrogen) atoms. The van der Waals surface area contributed by atoms with Crippen molar-refractivity contribution in [2.75, 3.05) is 11.6 Å². The molecule has 0 aliphatic carbocycles. The van der Waals surface area contributed by atoms with E-state index in [0.29, 0.717) is 11.3 Å². The minimum Gasteiger partial charge on any atom is -0.506 e. The van der Waals surface area contributed by atoms with Gasteiger partial charge in [-0.15, -0.1) is 23.1 Å². The molecule has 0 unspecified atom stereocenters. The number of hydrogen-bond acceptors (Lipinski definition) is 4. The van der Waals surface area contributed by atoms with Crippen molar-refractivity contribution in [3.8, 4) is 16.2 Å². The highest BCUT2D eigenvalue weighted by Gasteiger charge is 2.10. The smallest absolute Gasteiger partial charge is 0.255 e. The van der Waals surface area contributed by atoms with E-state index in [9.17, 15) is 9.90 Å². The molecule has 1 aromatic heterocycles. The third-order valence-corrected chi connectivity index (χ3v) is 5.07. The molecular weight excluding hydrogens is 326 g/mol. The first kappa shape index (κ1) is 15.6. The first-order valence-electron chi connectivity index (χ1n) is 6.99. The van der Waals surface area contributed by atoms with Crippen molar-refractivity contribution >= 4 is 34.7 Å². The van der Waals surface area contributed by atoms with Crippen molar-refractivity contribution in [2.45, 2.75) is 4.90 Å². The lowest BCUT2D eigenvalue weighted by molar-refractivity contribution is 0.102. The number of thioether (sulfide) groups is 1. The van der Waals surface area contributed by atoms with Crippen LogP contribution in [0, 0.1) is 0 Å². The van der Waals surface area contributed by atoms with Crippen LogP contribution >= 0.6 is 23.1 Å². The van der Waals surface area contributed by atoms with Crippen LogP contribution in [0.3, 0.4) is 0 Å². The molecule has 0 radical (unpaired) electrons. The van der Waals surface area contributed by atoms with Gasteiger partial charge < -0.3 is 10.4 Å². The predicted molar refractivity (Wildman–Crippen MR) is 97.6 cm³/mol.